The highest BCUT2D eigenvalue weighted by Crippen LogP contribution is 2.20. The second-order valence-electron chi connectivity index (χ2n) is 4.00. The van der Waals surface area contributed by atoms with Gasteiger partial charge in [-0.25, -0.2) is 0 Å². The van der Waals surface area contributed by atoms with Crippen LogP contribution in [0.5, 0.6) is 5.75 Å². The lowest BCUT2D eigenvalue weighted by atomic mass is 10.3. The van der Waals surface area contributed by atoms with E-state index < -0.39 is 0 Å². The zero-order valence-corrected chi connectivity index (χ0v) is 10.4. The molecule has 2 heterocycles. The summed E-state index contributed by atoms with van der Waals surface area (Å²) in [7, 11) is 1.64. The van der Waals surface area contributed by atoms with Crippen molar-refractivity contribution in [2.75, 3.05) is 18.2 Å². The topological polar surface area (TPSA) is 77.5 Å². The molecule has 3 aromatic rings. The monoisotopic (exact) mass is 255 g/mol. The molecular formula is C13H13N5O. The third-order valence-electron chi connectivity index (χ3n) is 2.74. The van der Waals surface area contributed by atoms with Crippen LogP contribution < -0.4 is 15.8 Å². The van der Waals surface area contributed by atoms with Gasteiger partial charge in [-0.2, -0.15) is 9.50 Å². The Morgan fingerprint density at radius 2 is 1.95 bits per heavy atom. The van der Waals surface area contributed by atoms with Gasteiger partial charge in [-0.3, -0.25) is 0 Å². The maximum Gasteiger partial charge on any atom is 0.240 e. The highest BCUT2D eigenvalue weighted by atomic mass is 16.5. The lowest BCUT2D eigenvalue weighted by molar-refractivity contribution is 0.415. The molecule has 0 aliphatic rings. The molecule has 6 nitrogen and oxygen atoms in total. The highest BCUT2D eigenvalue weighted by molar-refractivity contribution is 5.60. The van der Waals surface area contributed by atoms with E-state index in [0.717, 1.165) is 17.3 Å². The highest BCUT2D eigenvalue weighted by Gasteiger charge is 2.04. The molecule has 2 aromatic heterocycles. The van der Waals surface area contributed by atoms with Crippen molar-refractivity contribution in [3.63, 3.8) is 0 Å². The predicted octanol–water partition coefficient (Wildman–Crippen LogP) is 2.06. The Labute approximate surface area is 109 Å². The van der Waals surface area contributed by atoms with Crippen LogP contribution in [-0.2, 0) is 0 Å². The molecule has 1 aromatic carbocycles. The predicted molar refractivity (Wildman–Crippen MR) is 73.7 cm³/mol. The Morgan fingerprint density at radius 3 is 2.68 bits per heavy atom. The van der Waals surface area contributed by atoms with Gasteiger partial charge in [0.1, 0.15) is 11.6 Å². The van der Waals surface area contributed by atoms with E-state index in [9.17, 15) is 0 Å². The summed E-state index contributed by atoms with van der Waals surface area (Å²) in [5.41, 5.74) is 7.24. The first-order valence-corrected chi connectivity index (χ1v) is 5.78. The minimum absolute atomic E-state index is 0.254. The van der Waals surface area contributed by atoms with Gasteiger partial charge >= 0.3 is 0 Å². The second kappa shape index (κ2) is 4.49. The van der Waals surface area contributed by atoms with Gasteiger partial charge in [0.05, 0.1) is 7.11 Å². The number of aromatic nitrogens is 3. The Kier molecular flexibility index (Phi) is 2.68. The number of fused-ring (bicyclic) bond motifs is 1. The number of hydrogen-bond acceptors (Lipinski definition) is 5. The van der Waals surface area contributed by atoms with Gasteiger partial charge in [0.15, 0.2) is 5.65 Å². The van der Waals surface area contributed by atoms with E-state index in [-0.39, 0.29) is 5.95 Å². The van der Waals surface area contributed by atoms with E-state index in [1.165, 1.54) is 0 Å². The summed E-state index contributed by atoms with van der Waals surface area (Å²) in [6.07, 6.45) is 0. The minimum Gasteiger partial charge on any atom is -0.497 e. The number of nitrogen functional groups attached to an aromatic ring is 1. The normalized spacial score (nSPS) is 10.6. The van der Waals surface area contributed by atoms with Gasteiger partial charge < -0.3 is 15.8 Å². The van der Waals surface area contributed by atoms with Crippen LogP contribution in [0.4, 0.5) is 17.5 Å². The number of pyridine rings is 1. The summed E-state index contributed by atoms with van der Waals surface area (Å²) in [6, 6.07) is 13.3. The lowest BCUT2D eigenvalue weighted by Gasteiger charge is -2.08. The van der Waals surface area contributed by atoms with Crippen molar-refractivity contribution in [1.82, 2.24) is 14.6 Å². The molecule has 19 heavy (non-hydrogen) atoms. The molecule has 0 fully saturated rings. The Bertz CT molecular complexity index is 705. The fraction of sp³-hybridized carbons (Fsp3) is 0.0769. The molecule has 0 spiro atoms. The SMILES string of the molecule is COc1ccc(Nc2cccc3nc(N)nn23)cc1. The van der Waals surface area contributed by atoms with Gasteiger partial charge in [0, 0.05) is 5.69 Å². The van der Waals surface area contributed by atoms with Crippen LogP contribution in [0.25, 0.3) is 5.65 Å². The average Bonchev–Trinajstić information content (AvgIpc) is 2.81. The fourth-order valence-electron chi connectivity index (χ4n) is 1.84. The fourth-order valence-corrected chi connectivity index (χ4v) is 1.84. The Hall–Kier alpha value is -2.76. The first-order valence-electron chi connectivity index (χ1n) is 5.78. The van der Waals surface area contributed by atoms with Crippen LogP contribution in [0, 0.1) is 0 Å². The molecule has 3 rings (SSSR count). The van der Waals surface area contributed by atoms with Gasteiger partial charge in [0.25, 0.3) is 0 Å². The molecule has 0 atom stereocenters. The molecule has 0 radical (unpaired) electrons. The van der Waals surface area contributed by atoms with E-state index in [1.807, 2.05) is 42.5 Å². The first-order chi connectivity index (χ1) is 9.26. The van der Waals surface area contributed by atoms with Crippen LogP contribution in [0.1, 0.15) is 0 Å². The van der Waals surface area contributed by atoms with Crippen molar-refractivity contribution in [3.8, 4) is 5.75 Å². The smallest absolute Gasteiger partial charge is 0.240 e. The zero-order valence-electron chi connectivity index (χ0n) is 10.4. The Balaban J connectivity index is 1.95. The van der Waals surface area contributed by atoms with Crippen LogP contribution >= 0.6 is 0 Å². The molecule has 96 valence electrons. The molecule has 0 aliphatic carbocycles. The molecule has 0 saturated carbocycles. The minimum atomic E-state index is 0.254. The second-order valence-corrected chi connectivity index (χ2v) is 4.00. The molecule has 6 heteroatoms. The number of anilines is 3. The number of ether oxygens (including phenoxy) is 1. The quantitative estimate of drug-likeness (QED) is 0.749. The van der Waals surface area contributed by atoms with Crippen LogP contribution in [0.2, 0.25) is 0 Å². The molecule has 0 bridgehead atoms. The van der Waals surface area contributed by atoms with Crippen LogP contribution in [0.15, 0.2) is 42.5 Å². The van der Waals surface area contributed by atoms with E-state index in [2.05, 4.69) is 15.4 Å². The van der Waals surface area contributed by atoms with Gasteiger partial charge in [-0.1, -0.05) is 6.07 Å². The molecule has 3 N–H and O–H groups in total. The number of rotatable bonds is 3. The number of nitrogens with one attached hydrogen (secondary N) is 1. The van der Waals surface area contributed by atoms with Gasteiger partial charge in [0.2, 0.25) is 5.95 Å². The number of nitrogens with two attached hydrogens (primary N) is 1. The Morgan fingerprint density at radius 1 is 1.16 bits per heavy atom. The third-order valence-corrected chi connectivity index (χ3v) is 2.74. The average molecular weight is 255 g/mol. The van der Waals surface area contributed by atoms with Crippen molar-refractivity contribution in [3.05, 3.63) is 42.5 Å². The van der Waals surface area contributed by atoms with Crippen molar-refractivity contribution in [2.24, 2.45) is 0 Å². The standard InChI is InChI=1S/C13H13N5O/c1-19-10-7-5-9(6-8-10)15-11-3-2-4-12-16-13(14)17-18(11)12/h2-8,15H,1H3,(H2,14,17). The van der Waals surface area contributed by atoms with E-state index in [0.29, 0.717) is 5.65 Å². The number of hydrogen-bond donors (Lipinski definition) is 2. The maximum absolute atomic E-state index is 5.60. The van der Waals surface area contributed by atoms with Crippen molar-refractivity contribution < 1.29 is 4.74 Å². The van der Waals surface area contributed by atoms with E-state index >= 15 is 0 Å². The summed E-state index contributed by atoms with van der Waals surface area (Å²) >= 11 is 0. The first kappa shape index (κ1) is 11.3. The number of methoxy groups -OCH3 is 1. The van der Waals surface area contributed by atoms with Crippen molar-refractivity contribution in [1.29, 1.82) is 0 Å². The summed E-state index contributed by atoms with van der Waals surface area (Å²) in [5, 5.41) is 7.40. The maximum atomic E-state index is 5.60. The number of nitrogens with zero attached hydrogens (tertiary/aromatic N) is 3. The van der Waals surface area contributed by atoms with E-state index in [4.69, 9.17) is 10.5 Å². The summed E-state index contributed by atoms with van der Waals surface area (Å²) in [5.74, 6) is 1.87. The van der Waals surface area contributed by atoms with Crippen molar-refractivity contribution >= 4 is 23.1 Å². The van der Waals surface area contributed by atoms with E-state index in [1.54, 1.807) is 11.6 Å². The summed E-state index contributed by atoms with van der Waals surface area (Å²) in [4.78, 5) is 4.11. The van der Waals surface area contributed by atoms with Crippen LogP contribution in [0.3, 0.4) is 0 Å². The molecule has 0 unspecified atom stereocenters. The van der Waals surface area contributed by atoms with Crippen LogP contribution in [-0.4, -0.2) is 21.7 Å². The number of benzene rings is 1. The van der Waals surface area contributed by atoms with Crippen molar-refractivity contribution in [2.45, 2.75) is 0 Å². The molecule has 0 saturated heterocycles. The zero-order chi connectivity index (χ0) is 13.2. The molecule has 0 aliphatic heterocycles. The third kappa shape index (κ3) is 2.15. The summed E-state index contributed by atoms with van der Waals surface area (Å²) in [6.45, 7) is 0. The summed E-state index contributed by atoms with van der Waals surface area (Å²) < 4.78 is 6.79. The van der Waals surface area contributed by atoms with Gasteiger partial charge in [-0.05, 0) is 36.4 Å². The molecule has 0 amide bonds. The lowest BCUT2D eigenvalue weighted by Crippen LogP contribution is -1.99. The van der Waals surface area contributed by atoms with Gasteiger partial charge in [-0.15, -0.1) is 5.10 Å². The molecular weight excluding hydrogens is 242 g/mol. The largest absolute Gasteiger partial charge is 0.497 e.